The van der Waals surface area contributed by atoms with E-state index in [0.717, 1.165) is 11.1 Å². The third-order valence-electron chi connectivity index (χ3n) is 3.72. The lowest BCUT2D eigenvalue weighted by atomic mass is 10.1. The van der Waals surface area contributed by atoms with Gasteiger partial charge in [-0.15, -0.1) is 0 Å². The van der Waals surface area contributed by atoms with E-state index in [1.807, 2.05) is 0 Å². The number of amides is 1. The summed E-state index contributed by atoms with van der Waals surface area (Å²) in [5.74, 6) is -1.28. The first-order chi connectivity index (χ1) is 12.0. The fourth-order valence-electron chi connectivity index (χ4n) is 2.35. The van der Waals surface area contributed by atoms with Crippen LogP contribution in [0.25, 0.3) is 0 Å². The maximum Gasteiger partial charge on any atom is 0.303 e. The normalized spacial score (nSPS) is 10.3. The van der Waals surface area contributed by atoms with Gasteiger partial charge < -0.3 is 15.2 Å². The Morgan fingerprint density at radius 2 is 1.68 bits per heavy atom. The van der Waals surface area contributed by atoms with E-state index in [2.05, 4.69) is 5.32 Å². The Labute approximate surface area is 145 Å². The first-order valence-corrected chi connectivity index (χ1v) is 7.91. The molecule has 2 rings (SSSR count). The van der Waals surface area contributed by atoms with E-state index in [1.165, 1.54) is 13.2 Å². The third kappa shape index (κ3) is 5.91. The van der Waals surface area contributed by atoms with Crippen molar-refractivity contribution in [1.29, 1.82) is 0 Å². The van der Waals surface area contributed by atoms with Crippen LogP contribution in [-0.4, -0.2) is 24.1 Å². The largest absolute Gasteiger partial charge is 0.494 e. The first kappa shape index (κ1) is 18.4. The number of methoxy groups -OCH3 is 1. The van der Waals surface area contributed by atoms with Crippen LogP contribution in [0.2, 0.25) is 0 Å². The van der Waals surface area contributed by atoms with Gasteiger partial charge >= 0.3 is 5.97 Å². The summed E-state index contributed by atoms with van der Waals surface area (Å²) in [4.78, 5) is 22.5. The number of carbonyl (C=O) groups excluding carboxylic acids is 1. The van der Waals surface area contributed by atoms with E-state index in [1.54, 1.807) is 36.4 Å². The van der Waals surface area contributed by atoms with E-state index in [-0.39, 0.29) is 24.5 Å². The molecule has 0 fully saturated rings. The van der Waals surface area contributed by atoms with Gasteiger partial charge in [0.25, 0.3) is 0 Å². The van der Waals surface area contributed by atoms with Gasteiger partial charge in [-0.1, -0.05) is 18.2 Å². The van der Waals surface area contributed by atoms with E-state index in [0.29, 0.717) is 18.5 Å². The summed E-state index contributed by atoms with van der Waals surface area (Å²) in [5, 5.41) is 11.4. The van der Waals surface area contributed by atoms with Gasteiger partial charge in [0, 0.05) is 18.5 Å². The van der Waals surface area contributed by atoms with Crippen molar-refractivity contribution >= 4 is 17.6 Å². The molecular weight excluding hydrogens is 325 g/mol. The van der Waals surface area contributed by atoms with Crippen LogP contribution in [0.15, 0.2) is 42.5 Å². The van der Waals surface area contributed by atoms with Crippen molar-refractivity contribution in [2.45, 2.75) is 25.7 Å². The van der Waals surface area contributed by atoms with Crippen LogP contribution < -0.4 is 10.1 Å². The molecule has 0 radical (unpaired) electrons. The molecule has 0 heterocycles. The summed E-state index contributed by atoms with van der Waals surface area (Å²) in [7, 11) is 1.40. The number of aliphatic carboxylic acids is 1. The molecule has 0 atom stereocenters. The molecule has 5 nitrogen and oxygen atoms in total. The maximum atomic E-state index is 13.6. The number of halogens is 1. The zero-order valence-electron chi connectivity index (χ0n) is 13.9. The first-order valence-electron chi connectivity index (χ1n) is 7.91. The number of hydrogen-bond donors (Lipinski definition) is 2. The highest BCUT2D eigenvalue weighted by atomic mass is 19.1. The van der Waals surface area contributed by atoms with Crippen LogP contribution in [0.1, 0.15) is 24.0 Å². The van der Waals surface area contributed by atoms with Crippen LogP contribution in [0.5, 0.6) is 5.75 Å². The Balaban J connectivity index is 1.83. The minimum atomic E-state index is -0.840. The van der Waals surface area contributed by atoms with Crippen molar-refractivity contribution in [3.8, 4) is 5.75 Å². The zero-order valence-corrected chi connectivity index (χ0v) is 13.9. The number of aryl methyl sites for hydroxylation is 2. The molecule has 1 amide bonds. The van der Waals surface area contributed by atoms with Crippen molar-refractivity contribution in [3.63, 3.8) is 0 Å². The number of carboxylic acid groups (broad SMARTS) is 1. The molecule has 0 aliphatic heterocycles. The number of rotatable bonds is 8. The van der Waals surface area contributed by atoms with E-state index in [9.17, 15) is 14.0 Å². The topological polar surface area (TPSA) is 75.6 Å². The second-order valence-electron chi connectivity index (χ2n) is 5.61. The molecule has 0 spiro atoms. The molecule has 0 bridgehead atoms. The van der Waals surface area contributed by atoms with E-state index in [4.69, 9.17) is 9.84 Å². The average Bonchev–Trinajstić information content (AvgIpc) is 2.59. The molecule has 0 aliphatic carbocycles. The van der Waals surface area contributed by atoms with Gasteiger partial charge in [-0.25, -0.2) is 4.39 Å². The summed E-state index contributed by atoms with van der Waals surface area (Å²) < 4.78 is 18.5. The monoisotopic (exact) mass is 345 g/mol. The van der Waals surface area contributed by atoms with Gasteiger partial charge in [0.15, 0.2) is 11.6 Å². The Hall–Kier alpha value is -2.89. The van der Waals surface area contributed by atoms with Crippen molar-refractivity contribution in [3.05, 3.63) is 59.4 Å². The number of ether oxygens (including phenoxy) is 1. The van der Waals surface area contributed by atoms with Gasteiger partial charge in [-0.2, -0.15) is 0 Å². The predicted molar refractivity (Wildman–Crippen MR) is 92.3 cm³/mol. The fraction of sp³-hybridized carbons (Fsp3) is 0.263. The number of benzene rings is 2. The third-order valence-corrected chi connectivity index (χ3v) is 3.72. The highest BCUT2D eigenvalue weighted by molar-refractivity contribution is 5.90. The maximum absolute atomic E-state index is 13.6. The lowest BCUT2D eigenvalue weighted by Crippen LogP contribution is -2.12. The molecule has 0 aromatic heterocycles. The average molecular weight is 345 g/mol. The highest BCUT2D eigenvalue weighted by Crippen LogP contribution is 2.19. The van der Waals surface area contributed by atoms with Crippen LogP contribution in [-0.2, 0) is 22.4 Å². The molecule has 2 N–H and O–H groups in total. The molecule has 0 unspecified atom stereocenters. The SMILES string of the molecule is COc1ccc(CCC(=O)Nc2ccc(CCC(=O)O)cc2)cc1F. The minimum Gasteiger partial charge on any atom is -0.494 e. The van der Waals surface area contributed by atoms with Gasteiger partial charge in [0.2, 0.25) is 5.91 Å². The summed E-state index contributed by atoms with van der Waals surface area (Å²) in [6, 6.07) is 11.7. The number of carbonyl (C=O) groups is 2. The molecule has 2 aromatic rings. The molecule has 0 aliphatic rings. The van der Waals surface area contributed by atoms with Crippen molar-refractivity contribution in [2.24, 2.45) is 0 Å². The van der Waals surface area contributed by atoms with Crippen molar-refractivity contribution < 1.29 is 23.8 Å². The molecular formula is C19H20FNO4. The predicted octanol–water partition coefficient (Wildman–Crippen LogP) is 3.42. The molecule has 0 saturated heterocycles. The van der Waals surface area contributed by atoms with Crippen LogP contribution >= 0.6 is 0 Å². The van der Waals surface area contributed by atoms with Gasteiger partial charge in [-0.05, 0) is 48.2 Å². The van der Waals surface area contributed by atoms with Gasteiger partial charge in [0.05, 0.1) is 7.11 Å². The standard InChI is InChI=1S/C19H20FNO4/c1-25-17-9-4-14(12-16(17)20)5-10-18(22)21-15-7-2-13(3-8-15)6-11-19(23)24/h2-4,7-9,12H,5-6,10-11H2,1H3,(H,21,22)(H,23,24). The summed E-state index contributed by atoms with van der Waals surface area (Å²) >= 11 is 0. The molecule has 2 aromatic carbocycles. The minimum absolute atomic E-state index is 0.0735. The number of carboxylic acids is 1. The Morgan fingerprint density at radius 3 is 2.28 bits per heavy atom. The molecule has 25 heavy (non-hydrogen) atoms. The van der Waals surface area contributed by atoms with Crippen LogP contribution in [0.3, 0.4) is 0 Å². The number of anilines is 1. The van der Waals surface area contributed by atoms with E-state index < -0.39 is 11.8 Å². The zero-order chi connectivity index (χ0) is 18.2. The Morgan fingerprint density at radius 1 is 1.04 bits per heavy atom. The van der Waals surface area contributed by atoms with Crippen LogP contribution in [0, 0.1) is 5.82 Å². The van der Waals surface area contributed by atoms with Crippen LogP contribution in [0.4, 0.5) is 10.1 Å². The highest BCUT2D eigenvalue weighted by Gasteiger charge is 2.07. The second-order valence-corrected chi connectivity index (χ2v) is 5.61. The lowest BCUT2D eigenvalue weighted by Gasteiger charge is -2.07. The Kier molecular flexibility index (Phi) is 6.51. The summed E-state index contributed by atoms with van der Waals surface area (Å²) in [5.41, 5.74) is 2.26. The van der Waals surface area contributed by atoms with Gasteiger partial charge in [0.1, 0.15) is 0 Å². The van der Waals surface area contributed by atoms with Crippen molar-refractivity contribution in [2.75, 3.05) is 12.4 Å². The second kappa shape index (κ2) is 8.82. The summed E-state index contributed by atoms with van der Waals surface area (Å²) in [6.45, 7) is 0. The lowest BCUT2D eigenvalue weighted by molar-refractivity contribution is -0.137. The fourth-order valence-corrected chi connectivity index (χ4v) is 2.35. The summed E-state index contributed by atoms with van der Waals surface area (Å²) in [6.07, 6.45) is 1.17. The quantitative estimate of drug-likeness (QED) is 0.769. The van der Waals surface area contributed by atoms with Gasteiger partial charge in [-0.3, -0.25) is 9.59 Å². The Bertz CT molecular complexity index is 744. The molecule has 6 heteroatoms. The number of nitrogens with one attached hydrogen (secondary N) is 1. The van der Waals surface area contributed by atoms with Crippen molar-refractivity contribution in [1.82, 2.24) is 0 Å². The number of hydrogen-bond acceptors (Lipinski definition) is 3. The van der Waals surface area contributed by atoms with E-state index >= 15 is 0 Å². The molecule has 0 saturated carbocycles. The molecule has 132 valence electrons. The smallest absolute Gasteiger partial charge is 0.303 e.